The van der Waals surface area contributed by atoms with E-state index in [0.29, 0.717) is 34.6 Å². The van der Waals surface area contributed by atoms with Crippen molar-refractivity contribution >= 4 is 23.4 Å². The fourth-order valence-corrected chi connectivity index (χ4v) is 6.14. The summed E-state index contributed by atoms with van der Waals surface area (Å²) in [6.45, 7) is 8.04. The van der Waals surface area contributed by atoms with E-state index < -0.39 is 0 Å². The minimum absolute atomic E-state index is 0. The van der Waals surface area contributed by atoms with Crippen LogP contribution in [-0.4, -0.2) is 26.6 Å². The number of aromatic nitrogens is 4. The van der Waals surface area contributed by atoms with E-state index in [1.54, 1.807) is 12.4 Å². The third-order valence-electron chi connectivity index (χ3n) is 8.74. The second-order valence-electron chi connectivity index (χ2n) is 12.8. The molecule has 8 rings (SSSR count). The largest absolute Gasteiger partial charge is 2.00 e. The summed E-state index contributed by atoms with van der Waals surface area (Å²) in [5.41, 5.74) is 11.3. The van der Waals surface area contributed by atoms with Crippen molar-refractivity contribution in [2.75, 3.05) is 0 Å². The fraction of sp³-hybridized carbons (Fsp3) is 0.116. The van der Waals surface area contributed by atoms with Gasteiger partial charge in [-0.3, -0.25) is 9.97 Å². The van der Waals surface area contributed by atoms with E-state index in [4.69, 9.17) is 19.4 Å². The average molecular weight is 948 g/mol. The third-order valence-corrected chi connectivity index (χ3v) is 8.74. The number of benzene rings is 4. The SMILES string of the molecule is Cc1ccnc(-c2[c-]c(Oc3[c-]c4c(cc3)-c3ccc(Oc5[c-]c(-c6cc(C)ccn6)ccc5)[c-]c3B4c3ncc(C(C)C)cn3)ccc2)c1.[Pd+2].[Pt+2]. The minimum Gasteiger partial charge on any atom is -0.503 e. The molecular weight excluding hydrogens is 917 g/mol. The molecule has 9 heteroatoms. The average Bonchev–Trinajstić information content (AvgIpc) is 3.44. The summed E-state index contributed by atoms with van der Waals surface area (Å²) in [6, 6.07) is 41.5. The van der Waals surface area contributed by atoms with Gasteiger partial charge in [0, 0.05) is 47.8 Å². The number of rotatable bonds is 8. The van der Waals surface area contributed by atoms with Crippen LogP contribution in [0.1, 0.15) is 36.5 Å². The van der Waals surface area contributed by atoms with E-state index >= 15 is 0 Å². The Morgan fingerprint density at radius 2 is 1.04 bits per heavy atom. The molecule has 4 aromatic carbocycles. The summed E-state index contributed by atoms with van der Waals surface area (Å²) in [5, 5.41) is 0. The van der Waals surface area contributed by atoms with Gasteiger partial charge in [-0.05, 0) is 48.8 Å². The first-order valence-electron chi connectivity index (χ1n) is 16.6. The normalized spacial score (nSPS) is 11.3. The summed E-state index contributed by atoms with van der Waals surface area (Å²) in [7, 11) is 0. The van der Waals surface area contributed by atoms with Crippen LogP contribution in [0.3, 0.4) is 0 Å². The summed E-state index contributed by atoms with van der Waals surface area (Å²) < 4.78 is 12.7. The maximum Gasteiger partial charge on any atom is 2.00 e. The van der Waals surface area contributed by atoms with E-state index in [0.717, 1.165) is 61.3 Å². The molecule has 0 atom stereocenters. The van der Waals surface area contributed by atoms with Crippen molar-refractivity contribution in [3.8, 4) is 56.6 Å². The van der Waals surface area contributed by atoms with Gasteiger partial charge in [0.25, 0.3) is 0 Å². The minimum atomic E-state index is -0.327. The van der Waals surface area contributed by atoms with E-state index in [1.165, 1.54) is 0 Å². The topological polar surface area (TPSA) is 70.0 Å². The molecule has 0 bridgehead atoms. The van der Waals surface area contributed by atoms with Crippen LogP contribution in [0.15, 0.2) is 110 Å². The van der Waals surface area contributed by atoms with Gasteiger partial charge >= 0.3 is 41.5 Å². The summed E-state index contributed by atoms with van der Waals surface area (Å²) in [6.07, 6.45) is 7.43. The number of fused-ring (bicyclic) bond motifs is 3. The fourth-order valence-electron chi connectivity index (χ4n) is 6.14. The Balaban J connectivity index is 0.00000232. The van der Waals surface area contributed by atoms with Crippen LogP contribution in [0.5, 0.6) is 23.0 Å². The number of pyridine rings is 2. The molecule has 6 nitrogen and oxygen atoms in total. The quantitative estimate of drug-likeness (QED) is 0.116. The monoisotopic (exact) mass is 947 g/mol. The molecule has 0 radical (unpaired) electrons. The molecule has 0 saturated heterocycles. The maximum atomic E-state index is 6.36. The summed E-state index contributed by atoms with van der Waals surface area (Å²) >= 11 is 0. The first-order chi connectivity index (χ1) is 24.4. The zero-order valence-corrected chi connectivity index (χ0v) is 32.6. The number of hydrogen-bond acceptors (Lipinski definition) is 6. The van der Waals surface area contributed by atoms with Gasteiger partial charge in [-0.25, -0.2) is 0 Å². The summed E-state index contributed by atoms with van der Waals surface area (Å²) in [4.78, 5) is 18.7. The van der Waals surface area contributed by atoms with Gasteiger partial charge in [-0.1, -0.05) is 49.2 Å². The molecule has 0 fully saturated rings. The van der Waals surface area contributed by atoms with Crippen molar-refractivity contribution in [1.29, 1.82) is 0 Å². The van der Waals surface area contributed by atoms with E-state index in [2.05, 4.69) is 60.2 Å². The first kappa shape index (κ1) is 37.0. The smallest absolute Gasteiger partial charge is 0.503 e. The zero-order valence-electron chi connectivity index (χ0n) is 28.8. The molecule has 258 valence electrons. The van der Waals surface area contributed by atoms with Crippen molar-refractivity contribution < 1.29 is 51.0 Å². The Hall–Kier alpha value is -4.72. The number of nitrogens with zero attached hydrogens (tertiary/aromatic N) is 4. The summed E-state index contributed by atoms with van der Waals surface area (Å²) in [5.74, 6) is 2.60. The Bertz CT molecular complexity index is 2230. The second-order valence-corrected chi connectivity index (χ2v) is 12.8. The Morgan fingerprint density at radius 3 is 1.48 bits per heavy atom. The van der Waals surface area contributed by atoms with Gasteiger partial charge in [0.2, 0.25) is 6.71 Å². The maximum absolute atomic E-state index is 6.36. The molecule has 0 N–H and O–H groups in total. The molecular formula is C43H31BN4O2PdPt. The standard InChI is InChI=1S/C43H31BN4O2.Pd.Pt/c1-27(2)32-25-47-43(48-26-32)44-39-23-35(49-33-9-5-7-30(21-33)41-19-28(3)15-17-45-41)11-13-37(39)38-14-12-36(24-40(38)44)50-34-10-6-8-31(22-34)42-20-29(4)16-18-46-42;;/h5-20,25-27H,1-4H3;;/q-4;2*+2. The molecule has 1 aliphatic rings. The van der Waals surface area contributed by atoms with E-state index in [1.807, 2.05) is 99.0 Å². The van der Waals surface area contributed by atoms with Crippen molar-refractivity contribution in [2.24, 2.45) is 0 Å². The predicted molar refractivity (Wildman–Crippen MR) is 197 cm³/mol. The Morgan fingerprint density at radius 1 is 0.577 bits per heavy atom. The van der Waals surface area contributed by atoms with E-state index in [9.17, 15) is 0 Å². The van der Waals surface area contributed by atoms with Crippen molar-refractivity contribution in [3.05, 3.63) is 151 Å². The van der Waals surface area contributed by atoms with Crippen LogP contribution in [0.4, 0.5) is 0 Å². The van der Waals surface area contributed by atoms with Crippen LogP contribution in [0, 0.1) is 38.1 Å². The molecule has 0 unspecified atom stereocenters. The number of hydrogen-bond donors (Lipinski definition) is 0. The van der Waals surface area contributed by atoms with Gasteiger partial charge in [-0.15, -0.1) is 71.8 Å². The van der Waals surface area contributed by atoms with Gasteiger partial charge < -0.3 is 19.4 Å². The third kappa shape index (κ3) is 7.71. The molecule has 3 aromatic heterocycles. The second kappa shape index (κ2) is 15.9. The van der Waals surface area contributed by atoms with Crippen molar-refractivity contribution in [2.45, 2.75) is 33.6 Å². The van der Waals surface area contributed by atoms with Crippen LogP contribution >= 0.6 is 0 Å². The number of ether oxygens (including phenoxy) is 2. The Kier molecular flexibility index (Phi) is 11.3. The molecule has 0 aliphatic carbocycles. The number of aryl methyl sites for hydroxylation is 2. The van der Waals surface area contributed by atoms with Gasteiger partial charge in [0.05, 0.1) is 5.72 Å². The molecule has 0 amide bonds. The van der Waals surface area contributed by atoms with Gasteiger partial charge in [0.15, 0.2) is 0 Å². The van der Waals surface area contributed by atoms with Crippen molar-refractivity contribution in [1.82, 2.24) is 19.9 Å². The van der Waals surface area contributed by atoms with Gasteiger partial charge in [0.1, 0.15) is 0 Å². The first-order valence-corrected chi connectivity index (χ1v) is 16.6. The van der Waals surface area contributed by atoms with Crippen LogP contribution in [-0.2, 0) is 41.5 Å². The molecule has 1 aliphatic heterocycles. The molecule has 0 saturated carbocycles. The van der Waals surface area contributed by atoms with Crippen LogP contribution in [0.25, 0.3) is 33.6 Å². The Labute approximate surface area is 333 Å². The van der Waals surface area contributed by atoms with Crippen LogP contribution < -0.4 is 26.1 Å². The van der Waals surface area contributed by atoms with Gasteiger partial charge in [-0.2, -0.15) is 34.2 Å². The molecule has 0 spiro atoms. The van der Waals surface area contributed by atoms with E-state index in [-0.39, 0.29) is 48.2 Å². The zero-order chi connectivity index (χ0) is 34.2. The predicted octanol–water partition coefficient (Wildman–Crippen LogP) is 7.62. The van der Waals surface area contributed by atoms with Crippen LogP contribution in [0.2, 0.25) is 0 Å². The van der Waals surface area contributed by atoms with Crippen molar-refractivity contribution in [3.63, 3.8) is 0 Å². The molecule has 7 aromatic rings. The molecule has 52 heavy (non-hydrogen) atoms. The molecule has 4 heterocycles.